The first-order valence-electron chi connectivity index (χ1n) is 2.31. The van der Waals surface area contributed by atoms with Gasteiger partial charge in [-0.25, -0.2) is 0 Å². The molecule has 0 unspecified atom stereocenters. The van der Waals surface area contributed by atoms with Crippen LogP contribution in [0.2, 0.25) is 0 Å². The zero-order valence-electron chi connectivity index (χ0n) is 5.36. The first kappa shape index (κ1) is 11.3. The number of alkyl halides is 1. The Balaban J connectivity index is 0. The number of hydrogen-bond acceptors (Lipinski definition) is 1. The van der Waals surface area contributed by atoms with E-state index in [1.165, 1.54) is 13.0 Å². The molecule has 0 amide bonds. The van der Waals surface area contributed by atoms with Gasteiger partial charge in [0.25, 0.3) is 0 Å². The van der Waals surface area contributed by atoms with Crippen molar-refractivity contribution >= 4 is 21.7 Å². The molecular weight excluding hydrogens is 180 g/mol. The normalized spacial score (nSPS) is 5.89. The van der Waals surface area contributed by atoms with Gasteiger partial charge in [0.15, 0.2) is 5.78 Å². The summed E-state index contributed by atoms with van der Waals surface area (Å²) in [5.74, 6) is 2.37. The number of hydrogen-bond donors (Lipinski definition) is 0. The van der Waals surface area contributed by atoms with Crippen LogP contribution >= 0.6 is 15.9 Å². The van der Waals surface area contributed by atoms with Gasteiger partial charge in [-0.3, -0.25) is 4.79 Å². The number of allylic oxidation sites excluding steroid dienone is 1. The summed E-state index contributed by atoms with van der Waals surface area (Å²) in [7, 11) is 0. The number of ketones is 1. The highest BCUT2D eigenvalue weighted by Gasteiger charge is 1.69. The van der Waals surface area contributed by atoms with Crippen molar-refractivity contribution in [3.63, 3.8) is 0 Å². The number of rotatable bonds is 1. The van der Waals surface area contributed by atoms with E-state index in [0.29, 0.717) is 5.33 Å². The SMILES string of the molecule is C#CCBr.C=CC(C)=O. The van der Waals surface area contributed by atoms with Crippen molar-refractivity contribution in [2.75, 3.05) is 5.33 Å². The fourth-order valence-corrected chi connectivity index (χ4v) is 0. The zero-order chi connectivity index (χ0) is 7.70. The van der Waals surface area contributed by atoms with Gasteiger partial charge in [0.1, 0.15) is 0 Å². The van der Waals surface area contributed by atoms with Gasteiger partial charge in [-0.05, 0) is 13.0 Å². The van der Waals surface area contributed by atoms with Gasteiger partial charge in [0, 0.05) is 0 Å². The molecule has 0 radical (unpaired) electrons. The minimum absolute atomic E-state index is 0.0185. The fraction of sp³-hybridized carbons (Fsp3) is 0.286. The summed E-state index contributed by atoms with van der Waals surface area (Å²) in [4.78, 5) is 9.69. The van der Waals surface area contributed by atoms with Crippen LogP contribution in [0.15, 0.2) is 12.7 Å². The van der Waals surface area contributed by atoms with Gasteiger partial charge in [-0.15, -0.1) is 6.42 Å². The van der Waals surface area contributed by atoms with Gasteiger partial charge in [-0.1, -0.05) is 28.4 Å². The Labute approximate surface area is 64.3 Å². The summed E-state index contributed by atoms with van der Waals surface area (Å²) < 4.78 is 0. The van der Waals surface area contributed by atoms with Crippen LogP contribution in [-0.2, 0) is 4.79 Å². The van der Waals surface area contributed by atoms with Crippen LogP contribution in [0.1, 0.15) is 6.92 Å². The molecule has 0 N–H and O–H groups in total. The second kappa shape index (κ2) is 10.4. The molecule has 0 saturated heterocycles. The molecule has 50 valence electrons. The van der Waals surface area contributed by atoms with E-state index in [-0.39, 0.29) is 5.78 Å². The molecule has 0 saturated carbocycles. The lowest BCUT2D eigenvalue weighted by Crippen LogP contribution is -1.74. The van der Waals surface area contributed by atoms with Crippen LogP contribution in [0.4, 0.5) is 0 Å². The van der Waals surface area contributed by atoms with Gasteiger partial charge in [0.2, 0.25) is 0 Å². The largest absolute Gasteiger partial charge is 0.295 e. The Morgan fingerprint density at radius 2 is 2.22 bits per heavy atom. The number of halogens is 1. The van der Waals surface area contributed by atoms with E-state index < -0.39 is 0 Å². The molecule has 0 bridgehead atoms. The van der Waals surface area contributed by atoms with E-state index in [9.17, 15) is 4.79 Å². The summed E-state index contributed by atoms with van der Waals surface area (Å²) in [6.45, 7) is 4.68. The molecule has 0 spiro atoms. The molecule has 0 aromatic heterocycles. The van der Waals surface area contributed by atoms with E-state index >= 15 is 0 Å². The Morgan fingerprint density at radius 1 is 2.00 bits per heavy atom. The molecule has 0 fully saturated rings. The minimum atomic E-state index is 0.0185. The highest BCUT2D eigenvalue weighted by molar-refractivity contribution is 9.09. The Morgan fingerprint density at radius 3 is 2.22 bits per heavy atom. The van der Waals surface area contributed by atoms with Crippen molar-refractivity contribution in [3.05, 3.63) is 12.7 Å². The molecule has 0 aromatic carbocycles. The predicted molar refractivity (Wildman–Crippen MR) is 43.5 cm³/mol. The topological polar surface area (TPSA) is 17.1 Å². The maximum Gasteiger partial charge on any atom is 0.152 e. The third-order valence-corrected chi connectivity index (χ3v) is 0.688. The smallest absolute Gasteiger partial charge is 0.152 e. The third kappa shape index (κ3) is 36.9. The first-order chi connectivity index (χ1) is 4.18. The number of carbonyl (C=O) groups is 1. The zero-order valence-corrected chi connectivity index (χ0v) is 6.94. The molecule has 1 nitrogen and oxygen atoms in total. The molecular formula is C7H9BrO. The third-order valence-electron chi connectivity index (χ3n) is 0.365. The van der Waals surface area contributed by atoms with Crippen LogP contribution in [0.25, 0.3) is 0 Å². The first-order valence-corrected chi connectivity index (χ1v) is 3.43. The van der Waals surface area contributed by atoms with Crippen molar-refractivity contribution in [2.45, 2.75) is 6.92 Å². The Kier molecular flexibility index (Phi) is 13.1. The van der Waals surface area contributed by atoms with Gasteiger partial charge in [-0.2, -0.15) is 0 Å². The molecule has 9 heavy (non-hydrogen) atoms. The molecule has 0 atom stereocenters. The Bertz CT molecular complexity index is 121. The minimum Gasteiger partial charge on any atom is -0.295 e. The summed E-state index contributed by atoms with van der Waals surface area (Å²) in [6.07, 6.45) is 6.01. The summed E-state index contributed by atoms with van der Waals surface area (Å²) in [5, 5.41) is 0.660. The van der Waals surface area contributed by atoms with Crippen molar-refractivity contribution in [1.82, 2.24) is 0 Å². The highest BCUT2D eigenvalue weighted by atomic mass is 79.9. The molecule has 0 aliphatic heterocycles. The van der Waals surface area contributed by atoms with Crippen LogP contribution in [0.3, 0.4) is 0 Å². The lowest BCUT2D eigenvalue weighted by molar-refractivity contribution is -0.112. The van der Waals surface area contributed by atoms with Crippen molar-refractivity contribution < 1.29 is 4.79 Å². The van der Waals surface area contributed by atoms with Crippen LogP contribution in [0.5, 0.6) is 0 Å². The lowest BCUT2D eigenvalue weighted by atomic mass is 10.5. The standard InChI is InChI=1S/C4H6O.C3H3Br/c1-3-4(2)5;1-2-3-4/h3H,1H2,2H3;1H,3H2. The highest BCUT2D eigenvalue weighted by Crippen LogP contribution is 1.68. The second-order valence-corrected chi connectivity index (χ2v) is 1.71. The molecule has 0 aliphatic rings. The number of terminal acetylenes is 1. The van der Waals surface area contributed by atoms with Crippen molar-refractivity contribution in [2.24, 2.45) is 0 Å². The molecule has 0 rings (SSSR count). The maximum absolute atomic E-state index is 9.69. The second-order valence-electron chi connectivity index (χ2n) is 1.15. The van der Waals surface area contributed by atoms with Crippen molar-refractivity contribution in [3.8, 4) is 12.3 Å². The van der Waals surface area contributed by atoms with Gasteiger partial charge >= 0.3 is 0 Å². The van der Waals surface area contributed by atoms with Crippen LogP contribution in [0, 0.1) is 12.3 Å². The lowest BCUT2D eigenvalue weighted by Gasteiger charge is -1.62. The average molecular weight is 189 g/mol. The summed E-state index contributed by atoms with van der Waals surface area (Å²) in [6, 6.07) is 0. The molecule has 0 heterocycles. The molecule has 2 heteroatoms. The molecule has 0 aliphatic carbocycles. The quantitative estimate of drug-likeness (QED) is 0.349. The van der Waals surface area contributed by atoms with Crippen LogP contribution < -0.4 is 0 Å². The van der Waals surface area contributed by atoms with E-state index in [0.717, 1.165) is 0 Å². The van der Waals surface area contributed by atoms with E-state index in [4.69, 9.17) is 6.42 Å². The van der Waals surface area contributed by atoms with Gasteiger partial charge in [0.05, 0.1) is 5.33 Å². The summed E-state index contributed by atoms with van der Waals surface area (Å²) in [5.41, 5.74) is 0. The van der Waals surface area contributed by atoms with E-state index in [1.807, 2.05) is 0 Å². The monoisotopic (exact) mass is 188 g/mol. The maximum atomic E-state index is 9.69. The van der Waals surface area contributed by atoms with E-state index in [1.54, 1.807) is 0 Å². The fourth-order valence-electron chi connectivity index (χ4n) is 0. The van der Waals surface area contributed by atoms with E-state index in [2.05, 4.69) is 28.4 Å². The molecule has 0 aromatic rings. The van der Waals surface area contributed by atoms with Crippen molar-refractivity contribution in [1.29, 1.82) is 0 Å². The summed E-state index contributed by atoms with van der Waals surface area (Å²) >= 11 is 3.01. The predicted octanol–water partition coefficient (Wildman–Crippen LogP) is 1.78. The Hall–Kier alpha value is -0.550. The average Bonchev–Trinajstić information content (AvgIpc) is 1.89. The van der Waals surface area contributed by atoms with Gasteiger partial charge < -0.3 is 0 Å². The number of carbonyl (C=O) groups excluding carboxylic acids is 1. The van der Waals surface area contributed by atoms with Crippen LogP contribution in [-0.4, -0.2) is 11.1 Å².